The van der Waals surface area contributed by atoms with Gasteiger partial charge in [-0.2, -0.15) is 5.10 Å². The van der Waals surface area contributed by atoms with Crippen LogP contribution in [0.1, 0.15) is 62.4 Å². The number of fused-ring (bicyclic) bond motifs is 1. The molecule has 2 nitrogen and oxygen atoms in total. The van der Waals surface area contributed by atoms with Crippen LogP contribution in [0.5, 0.6) is 0 Å². The van der Waals surface area contributed by atoms with Crippen molar-refractivity contribution in [3.05, 3.63) is 17.0 Å². The molecule has 0 unspecified atom stereocenters. The molecule has 94 valence electrons. The maximum absolute atomic E-state index is 4.86. The van der Waals surface area contributed by atoms with E-state index in [-0.39, 0.29) is 0 Å². The van der Waals surface area contributed by atoms with Crippen LogP contribution in [0, 0.1) is 5.92 Å². The van der Waals surface area contributed by atoms with E-state index in [1.807, 2.05) is 0 Å². The van der Waals surface area contributed by atoms with Gasteiger partial charge < -0.3 is 0 Å². The molecular weight excluding hydrogens is 208 g/mol. The molecule has 0 aromatic carbocycles. The van der Waals surface area contributed by atoms with Crippen molar-refractivity contribution >= 4 is 0 Å². The minimum atomic E-state index is 0.901. The fourth-order valence-electron chi connectivity index (χ4n) is 3.64. The normalized spacial score (nSPS) is 20.8. The largest absolute Gasteiger partial charge is 0.269 e. The molecule has 17 heavy (non-hydrogen) atoms. The minimum absolute atomic E-state index is 0.901. The number of aryl methyl sites for hydroxylation is 1. The number of hydrogen-bond acceptors (Lipinski definition) is 1. The summed E-state index contributed by atoms with van der Waals surface area (Å²) >= 11 is 0. The fraction of sp³-hybridized carbons (Fsp3) is 0.800. The summed E-state index contributed by atoms with van der Waals surface area (Å²) in [6, 6.07) is 0. The van der Waals surface area contributed by atoms with Crippen LogP contribution in [-0.2, 0) is 25.8 Å². The molecule has 2 aliphatic carbocycles. The fourth-order valence-corrected chi connectivity index (χ4v) is 3.64. The zero-order valence-corrected chi connectivity index (χ0v) is 11.0. The highest BCUT2D eigenvalue weighted by Crippen LogP contribution is 2.29. The van der Waals surface area contributed by atoms with E-state index in [4.69, 9.17) is 5.10 Å². The van der Waals surface area contributed by atoms with E-state index in [1.165, 1.54) is 63.6 Å². The van der Waals surface area contributed by atoms with Gasteiger partial charge in [-0.25, -0.2) is 0 Å². The molecular formula is C15H24N2. The molecule has 0 amide bonds. The van der Waals surface area contributed by atoms with Gasteiger partial charge in [-0.15, -0.1) is 0 Å². The predicted molar refractivity (Wildman–Crippen MR) is 70.2 cm³/mol. The molecule has 2 aliphatic rings. The quantitative estimate of drug-likeness (QED) is 0.779. The van der Waals surface area contributed by atoms with Gasteiger partial charge >= 0.3 is 0 Å². The van der Waals surface area contributed by atoms with Crippen molar-refractivity contribution in [1.82, 2.24) is 9.78 Å². The molecule has 1 heterocycles. The molecule has 2 heteroatoms. The number of nitrogens with zero attached hydrogens (tertiary/aromatic N) is 2. The van der Waals surface area contributed by atoms with Crippen LogP contribution in [0.4, 0.5) is 0 Å². The summed E-state index contributed by atoms with van der Waals surface area (Å²) < 4.78 is 2.37. The van der Waals surface area contributed by atoms with Crippen LogP contribution in [0.15, 0.2) is 0 Å². The predicted octanol–water partition coefficient (Wildman–Crippen LogP) is 3.51. The van der Waals surface area contributed by atoms with E-state index in [0.717, 1.165) is 12.3 Å². The van der Waals surface area contributed by atoms with Crippen molar-refractivity contribution in [3.8, 4) is 0 Å². The first-order chi connectivity index (χ1) is 8.38. The Kier molecular flexibility index (Phi) is 3.21. The highest BCUT2D eigenvalue weighted by Gasteiger charge is 2.23. The van der Waals surface area contributed by atoms with E-state index in [1.54, 1.807) is 11.3 Å². The Morgan fingerprint density at radius 3 is 2.71 bits per heavy atom. The first-order valence-electron chi connectivity index (χ1n) is 7.46. The zero-order valence-electron chi connectivity index (χ0n) is 11.0. The minimum Gasteiger partial charge on any atom is -0.269 e. The molecule has 0 radical (unpaired) electrons. The Morgan fingerprint density at radius 1 is 1.12 bits per heavy atom. The molecule has 1 saturated carbocycles. The molecule has 1 aromatic rings. The lowest BCUT2D eigenvalue weighted by molar-refractivity contribution is 0.304. The molecule has 1 fully saturated rings. The van der Waals surface area contributed by atoms with Gasteiger partial charge in [0.1, 0.15) is 0 Å². The van der Waals surface area contributed by atoms with Gasteiger partial charge in [0.2, 0.25) is 0 Å². The van der Waals surface area contributed by atoms with Crippen LogP contribution >= 0.6 is 0 Å². The van der Waals surface area contributed by atoms with E-state index < -0.39 is 0 Å². The molecule has 0 spiro atoms. The van der Waals surface area contributed by atoms with Gasteiger partial charge in [0.15, 0.2) is 0 Å². The third kappa shape index (κ3) is 2.14. The van der Waals surface area contributed by atoms with E-state index in [0.29, 0.717) is 0 Å². The molecule has 1 aromatic heterocycles. The SMILES string of the molecule is CCc1nn(CC2CCCCC2)c2c1CCC2. The topological polar surface area (TPSA) is 17.8 Å². The lowest BCUT2D eigenvalue weighted by Gasteiger charge is -2.22. The summed E-state index contributed by atoms with van der Waals surface area (Å²) in [5.41, 5.74) is 4.56. The second-order valence-corrected chi connectivity index (χ2v) is 5.77. The highest BCUT2D eigenvalue weighted by molar-refractivity contribution is 5.30. The summed E-state index contributed by atoms with van der Waals surface area (Å²) in [4.78, 5) is 0. The zero-order chi connectivity index (χ0) is 11.7. The number of rotatable bonds is 3. The molecule has 0 N–H and O–H groups in total. The highest BCUT2D eigenvalue weighted by atomic mass is 15.3. The van der Waals surface area contributed by atoms with Crippen molar-refractivity contribution in [2.45, 2.75) is 71.3 Å². The van der Waals surface area contributed by atoms with Gasteiger partial charge in [-0.1, -0.05) is 26.2 Å². The molecule has 0 saturated heterocycles. The van der Waals surface area contributed by atoms with Crippen LogP contribution < -0.4 is 0 Å². The van der Waals surface area contributed by atoms with Crippen molar-refractivity contribution in [3.63, 3.8) is 0 Å². The van der Waals surface area contributed by atoms with Crippen LogP contribution in [0.3, 0.4) is 0 Å². The Labute approximate surface area is 104 Å². The van der Waals surface area contributed by atoms with E-state index in [2.05, 4.69) is 11.6 Å². The first-order valence-corrected chi connectivity index (χ1v) is 7.46. The molecule has 0 aliphatic heterocycles. The standard InChI is InChI=1S/C15H24N2/c1-2-14-13-9-6-10-15(13)17(16-14)11-12-7-4-3-5-8-12/h12H,2-11H2,1H3. The van der Waals surface area contributed by atoms with Crippen LogP contribution in [0.2, 0.25) is 0 Å². The van der Waals surface area contributed by atoms with Crippen LogP contribution in [0.25, 0.3) is 0 Å². The second kappa shape index (κ2) is 4.83. The summed E-state index contributed by atoms with van der Waals surface area (Å²) in [5, 5.41) is 4.86. The summed E-state index contributed by atoms with van der Waals surface area (Å²) in [6.45, 7) is 3.44. The van der Waals surface area contributed by atoms with Gasteiger partial charge in [-0.3, -0.25) is 4.68 Å². The molecule has 0 atom stereocenters. The second-order valence-electron chi connectivity index (χ2n) is 5.77. The Balaban J connectivity index is 1.78. The molecule has 0 bridgehead atoms. The number of aromatic nitrogens is 2. The van der Waals surface area contributed by atoms with Crippen molar-refractivity contribution in [2.24, 2.45) is 5.92 Å². The Hall–Kier alpha value is -0.790. The van der Waals surface area contributed by atoms with E-state index >= 15 is 0 Å². The third-order valence-electron chi connectivity index (χ3n) is 4.58. The van der Waals surface area contributed by atoms with Crippen molar-refractivity contribution in [2.75, 3.05) is 0 Å². The summed E-state index contributed by atoms with van der Waals surface area (Å²) in [5.74, 6) is 0.901. The van der Waals surface area contributed by atoms with Crippen molar-refractivity contribution < 1.29 is 0 Å². The maximum Gasteiger partial charge on any atom is 0.0656 e. The smallest absolute Gasteiger partial charge is 0.0656 e. The van der Waals surface area contributed by atoms with Gasteiger partial charge in [0.25, 0.3) is 0 Å². The lowest BCUT2D eigenvalue weighted by Crippen LogP contribution is -2.16. The Morgan fingerprint density at radius 2 is 1.94 bits per heavy atom. The van der Waals surface area contributed by atoms with Gasteiger partial charge in [-0.05, 0) is 50.0 Å². The third-order valence-corrected chi connectivity index (χ3v) is 4.58. The lowest BCUT2D eigenvalue weighted by atomic mass is 9.89. The van der Waals surface area contributed by atoms with Gasteiger partial charge in [0.05, 0.1) is 5.69 Å². The average Bonchev–Trinajstić information content (AvgIpc) is 2.94. The average molecular weight is 232 g/mol. The monoisotopic (exact) mass is 232 g/mol. The van der Waals surface area contributed by atoms with Crippen molar-refractivity contribution in [1.29, 1.82) is 0 Å². The maximum atomic E-state index is 4.86. The van der Waals surface area contributed by atoms with E-state index in [9.17, 15) is 0 Å². The summed E-state index contributed by atoms with van der Waals surface area (Å²) in [7, 11) is 0. The van der Waals surface area contributed by atoms with Crippen LogP contribution in [-0.4, -0.2) is 9.78 Å². The Bertz CT molecular complexity index is 386. The summed E-state index contributed by atoms with van der Waals surface area (Å²) in [6.07, 6.45) is 12.2. The first kappa shape index (κ1) is 11.3. The number of hydrogen-bond donors (Lipinski definition) is 0. The van der Waals surface area contributed by atoms with Gasteiger partial charge in [0, 0.05) is 12.2 Å². The molecule has 3 rings (SSSR count).